The largest absolute Gasteiger partial charge is 0.322 e. The molecule has 2 rings (SSSR count). The maximum absolute atomic E-state index is 12.5. The van der Waals surface area contributed by atoms with E-state index in [0.717, 1.165) is 28.5 Å². The molecule has 0 aliphatic rings. The summed E-state index contributed by atoms with van der Waals surface area (Å²) in [5, 5.41) is 2.99. The van der Waals surface area contributed by atoms with Gasteiger partial charge in [0.25, 0.3) is 0 Å². The number of hydrogen-bond acceptors (Lipinski definition) is 4. The summed E-state index contributed by atoms with van der Waals surface area (Å²) in [6.45, 7) is 4.09. The lowest BCUT2D eigenvalue weighted by atomic mass is 10.2. The first-order valence-electron chi connectivity index (χ1n) is 7.65. The van der Waals surface area contributed by atoms with Gasteiger partial charge in [-0.15, -0.1) is 11.8 Å². The Bertz CT molecular complexity index is 636. The first-order chi connectivity index (χ1) is 11.1. The number of hydrogen-bond donors (Lipinski definition) is 1. The summed E-state index contributed by atoms with van der Waals surface area (Å²) < 4.78 is 0. The summed E-state index contributed by atoms with van der Waals surface area (Å²) in [6.07, 6.45) is 4.27. The second-order valence-electron chi connectivity index (χ2n) is 5.20. The van der Waals surface area contributed by atoms with Gasteiger partial charge in [-0.3, -0.25) is 0 Å². The van der Waals surface area contributed by atoms with Crippen molar-refractivity contribution in [3.8, 4) is 0 Å². The van der Waals surface area contributed by atoms with E-state index < -0.39 is 0 Å². The molecule has 0 aliphatic carbocycles. The molecular formula is C17H22N4OS. The zero-order valence-corrected chi connectivity index (χ0v) is 14.5. The molecule has 0 bridgehead atoms. The Morgan fingerprint density at radius 2 is 2.13 bits per heavy atom. The number of urea groups is 1. The third-order valence-corrected chi connectivity index (χ3v) is 4.80. The highest BCUT2D eigenvalue weighted by Gasteiger charge is 2.19. The zero-order valence-electron chi connectivity index (χ0n) is 13.7. The number of anilines is 1. The molecule has 6 heteroatoms. The Hall–Kier alpha value is -2.08. The van der Waals surface area contributed by atoms with Crippen LogP contribution in [0.15, 0.2) is 47.8 Å². The van der Waals surface area contributed by atoms with E-state index in [-0.39, 0.29) is 12.1 Å². The quantitative estimate of drug-likeness (QED) is 0.806. The molecule has 0 radical (unpaired) electrons. The lowest BCUT2D eigenvalue weighted by molar-refractivity contribution is 0.207. The van der Waals surface area contributed by atoms with Gasteiger partial charge >= 0.3 is 6.03 Å². The predicted molar refractivity (Wildman–Crippen MR) is 94.7 cm³/mol. The molecular weight excluding hydrogens is 308 g/mol. The average molecular weight is 330 g/mol. The van der Waals surface area contributed by atoms with Gasteiger partial charge in [0.05, 0.1) is 17.4 Å². The number of amides is 2. The molecule has 2 amide bonds. The summed E-state index contributed by atoms with van der Waals surface area (Å²) in [4.78, 5) is 23.4. The molecule has 0 spiro atoms. The molecule has 1 N–H and O–H groups in total. The molecule has 23 heavy (non-hydrogen) atoms. The van der Waals surface area contributed by atoms with Gasteiger partial charge in [0.1, 0.15) is 6.33 Å². The van der Waals surface area contributed by atoms with E-state index in [2.05, 4.69) is 22.2 Å². The van der Waals surface area contributed by atoms with Gasteiger partial charge in [-0.05, 0) is 37.3 Å². The minimum atomic E-state index is -0.152. The minimum absolute atomic E-state index is 0.131. The van der Waals surface area contributed by atoms with Crippen molar-refractivity contribution < 1.29 is 4.79 Å². The minimum Gasteiger partial charge on any atom is -0.319 e. The highest BCUT2D eigenvalue weighted by Crippen LogP contribution is 2.28. The topological polar surface area (TPSA) is 58.1 Å². The van der Waals surface area contributed by atoms with Gasteiger partial charge in [-0.2, -0.15) is 0 Å². The van der Waals surface area contributed by atoms with E-state index in [1.54, 1.807) is 29.9 Å². The van der Waals surface area contributed by atoms with E-state index >= 15 is 0 Å². The number of benzene rings is 1. The van der Waals surface area contributed by atoms with Crippen molar-refractivity contribution >= 4 is 23.5 Å². The highest BCUT2D eigenvalue weighted by molar-refractivity contribution is 7.99. The van der Waals surface area contributed by atoms with Crippen molar-refractivity contribution in [1.29, 1.82) is 0 Å². The van der Waals surface area contributed by atoms with Gasteiger partial charge in [0, 0.05) is 18.1 Å². The lowest BCUT2D eigenvalue weighted by Gasteiger charge is -2.25. The second-order valence-corrected chi connectivity index (χ2v) is 6.33. The van der Waals surface area contributed by atoms with Crippen LogP contribution in [0.5, 0.6) is 0 Å². The molecule has 0 fully saturated rings. The van der Waals surface area contributed by atoms with Crippen molar-refractivity contribution in [1.82, 2.24) is 14.9 Å². The number of carbonyl (C=O) groups excluding carboxylic acids is 1. The van der Waals surface area contributed by atoms with Crippen LogP contribution in [-0.4, -0.2) is 33.7 Å². The molecule has 0 unspecified atom stereocenters. The fourth-order valence-electron chi connectivity index (χ4n) is 2.03. The molecule has 2 aromatic rings. The van der Waals surface area contributed by atoms with Crippen molar-refractivity contribution in [3.63, 3.8) is 0 Å². The molecule has 1 aromatic heterocycles. The van der Waals surface area contributed by atoms with Crippen molar-refractivity contribution in [3.05, 3.63) is 48.5 Å². The van der Waals surface area contributed by atoms with Crippen molar-refractivity contribution in [2.45, 2.75) is 31.2 Å². The number of nitrogens with zero attached hydrogens (tertiary/aromatic N) is 3. The molecule has 0 saturated heterocycles. The van der Waals surface area contributed by atoms with Crippen LogP contribution in [0.2, 0.25) is 0 Å². The summed E-state index contributed by atoms with van der Waals surface area (Å²) in [5.41, 5.74) is 1.66. The van der Waals surface area contributed by atoms with E-state index in [9.17, 15) is 4.79 Å². The van der Waals surface area contributed by atoms with Gasteiger partial charge in [-0.25, -0.2) is 14.8 Å². The monoisotopic (exact) mass is 330 g/mol. The standard InChI is InChI=1S/C17H22N4OS/c1-4-11-23-16-8-6-5-7-15(16)20-17(22)21(3)13(2)14-9-10-18-12-19-14/h5-10,12-13H,4,11H2,1-3H3,(H,20,22)/t13-/m1/s1. The van der Waals surface area contributed by atoms with E-state index in [4.69, 9.17) is 0 Å². The van der Waals surface area contributed by atoms with Crippen LogP contribution in [-0.2, 0) is 0 Å². The van der Waals surface area contributed by atoms with Crippen LogP contribution in [0.1, 0.15) is 32.0 Å². The second kappa shape index (κ2) is 8.53. The van der Waals surface area contributed by atoms with Crippen molar-refractivity contribution in [2.75, 3.05) is 18.1 Å². The highest BCUT2D eigenvalue weighted by atomic mass is 32.2. The molecule has 1 heterocycles. The fourth-order valence-corrected chi connectivity index (χ4v) is 2.91. The van der Waals surface area contributed by atoms with Crippen molar-refractivity contribution in [2.24, 2.45) is 0 Å². The fraction of sp³-hybridized carbons (Fsp3) is 0.353. The number of nitrogens with one attached hydrogen (secondary N) is 1. The van der Waals surface area contributed by atoms with Crippen LogP contribution in [0.3, 0.4) is 0 Å². The van der Waals surface area contributed by atoms with E-state index in [0.29, 0.717) is 0 Å². The SMILES string of the molecule is CCCSc1ccccc1NC(=O)N(C)[C@H](C)c1ccncn1. The van der Waals surface area contributed by atoms with Crippen LogP contribution >= 0.6 is 11.8 Å². The molecule has 5 nitrogen and oxygen atoms in total. The summed E-state index contributed by atoms with van der Waals surface area (Å²) >= 11 is 1.75. The normalized spacial score (nSPS) is 11.8. The van der Waals surface area contributed by atoms with Gasteiger partial charge in [0.2, 0.25) is 0 Å². The third-order valence-electron chi connectivity index (χ3n) is 3.52. The number of para-hydroxylation sites is 1. The lowest BCUT2D eigenvalue weighted by Crippen LogP contribution is -2.34. The Morgan fingerprint density at radius 1 is 1.35 bits per heavy atom. The summed E-state index contributed by atoms with van der Waals surface area (Å²) in [7, 11) is 1.77. The van der Waals surface area contributed by atoms with E-state index in [1.165, 1.54) is 6.33 Å². The van der Waals surface area contributed by atoms with Gasteiger partial charge in [0.15, 0.2) is 0 Å². The Balaban J connectivity index is 2.07. The molecule has 0 saturated carbocycles. The summed E-state index contributed by atoms with van der Waals surface area (Å²) in [5.74, 6) is 1.03. The smallest absolute Gasteiger partial charge is 0.319 e. The van der Waals surface area contributed by atoms with E-state index in [1.807, 2.05) is 37.3 Å². The molecule has 0 aliphatic heterocycles. The number of thioether (sulfide) groups is 1. The van der Waals surface area contributed by atoms with Gasteiger partial charge in [-0.1, -0.05) is 19.1 Å². The first-order valence-corrected chi connectivity index (χ1v) is 8.63. The zero-order chi connectivity index (χ0) is 16.7. The Morgan fingerprint density at radius 3 is 2.83 bits per heavy atom. The number of rotatable bonds is 6. The maximum atomic E-state index is 12.5. The molecule has 122 valence electrons. The predicted octanol–water partition coefficient (Wildman–Crippen LogP) is 4.20. The van der Waals surface area contributed by atoms with Crippen LogP contribution in [0.4, 0.5) is 10.5 Å². The maximum Gasteiger partial charge on any atom is 0.322 e. The average Bonchev–Trinajstić information content (AvgIpc) is 2.60. The molecule has 1 aromatic carbocycles. The van der Waals surface area contributed by atoms with Crippen LogP contribution in [0, 0.1) is 0 Å². The summed E-state index contributed by atoms with van der Waals surface area (Å²) in [6, 6.07) is 9.41. The van der Waals surface area contributed by atoms with Gasteiger partial charge < -0.3 is 10.2 Å². The third kappa shape index (κ3) is 4.69. The molecule has 1 atom stereocenters. The Labute approximate surface area is 141 Å². The van der Waals surface area contributed by atoms with Crippen LogP contribution in [0.25, 0.3) is 0 Å². The Kier molecular flexibility index (Phi) is 6.40. The number of carbonyl (C=O) groups is 1. The van der Waals surface area contributed by atoms with Crippen LogP contribution < -0.4 is 5.32 Å². The first kappa shape index (κ1) is 17.3. The number of aromatic nitrogens is 2.